The Morgan fingerprint density at radius 3 is 2.40 bits per heavy atom. The molecule has 0 amide bonds. The van der Waals surface area contributed by atoms with E-state index in [-0.39, 0.29) is 0 Å². The highest BCUT2D eigenvalue weighted by Crippen LogP contribution is 2.35. The molecule has 0 bridgehead atoms. The van der Waals surface area contributed by atoms with E-state index in [4.69, 9.17) is 0 Å². The van der Waals surface area contributed by atoms with E-state index in [0.717, 1.165) is 5.56 Å². The second-order valence-corrected chi connectivity index (χ2v) is 10.4. The first-order valence-electron chi connectivity index (χ1n) is 5.26. The molecule has 0 aliphatic heterocycles. The average Bonchev–Trinajstić information content (AvgIpc) is 2.15. The maximum Gasteiger partial charge on any atom is 0.138 e. The van der Waals surface area contributed by atoms with Crippen LogP contribution in [0.3, 0.4) is 0 Å². The maximum absolute atomic E-state index is 4.06. The lowest BCUT2D eigenvalue weighted by atomic mass is 10.2. The van der Waals surface area contributed by atoms with Gasteiger partial charge < -0.3 is 0 Å². The molecule has 0 unspecified atom stereocenters. The van der Waals surface area contributed by atoms with Gasteiger partial charge in [-0.3, -0.25) is 4.98 Å². The maximum atomic E-state index is 4.06. The molecule has 0 aliphatic rings. The number of nitrogens with zero attached hydrogens (tertiary/aromatic N) is 1. The van der Waals surface area contributed by atoms with E-state index < -0.39 is 8.07 Å². The van der Waals surface area contributed by atoms with Gasteiger partial charge in [-0.1, -0.05) is 39.8 Å². The van der Waals surface area contributed by atoms with E-state index in [0.29, 0.717) is 5.04 Å². The largest absolute Gasteiger partial charge is 0.263 e. The Balaban J connectivity index is 2.92. The van der Waals surface area contributed by atoms with Gasteiger partial charge in [0.25, 0.3) is 0 Å². The highest BCUT2D eigenvalue weighted by molar-refractivity contribution is 6.87. The van der Waals surface area contributed by atoms with Gasteiger partial charge in [-0.25, -0.2) is 0 Å². The molecule has 1 aromatic heterocycles. The summed E-state index contributed by atoms with van der Waals surface area (Å²) in [5.41, 5.74) is 4.48. The summed E-state index contributed by atoms with van der Waals surface area (Å²) in [5.74, 6) is 3.24. The third kappa shape index (κ3) is 3.21. The summed E-state index contributed by atoms with van der Waals surface area (Å²) in [6.07, 6.45) is 3.59. The van der Waals surface area contributed by atoms with Crippen LogP contribution in [0.25, 0.3) is 0 Å². The average molecular weight is 217 g/mol. The van der Waals surface area contributed by atoms with Crippen molar-refractivity contribution >= 4 is 8.07 Å². The van der Waals surface area contributed by atoms with Crippen LogP contribution in [-0.2, 0) is 0 Å². The van der Waals surface area contributed by atoms with E-state index in [9.17, 15) is 0 Å². The first-order valence-corrected chi connectivity index (χ1v) is 8.26. The topological polar surface area (TPSA) is 12.9 Å². The summed E-state index contributed by atoms with van der Waals surface area (Å²) >= 11 is 0. The van der Waals surface area contributed by atoms with Crippen molar-refractivity contribution in [3.63, 3.8) is 0 Å². The van der Waals surface area contributed by atoms with Crippen LogP contribution < -0.4 is 0 Å². The second kappa shape index (κ2) is 4.20. The van der Waals surface area contributed by atoms with E-state index >= 15 is 0 Å². The zero-order valence-corrected chi connectivity index (χ0v) is 11.3. The van der Waals surface area contributed by atoms with Crippen LogP contribution in [0.2, 0.25) is 18.1 Å². The fourth-order valence-electron chi connectivity index (χ4n) is 0.853. The van der Waals surface area contributed by atoms with Crippen molar-refractivity contribution in [3.8, 4) is 11.5 Å². The standard InChI is InChI=1S/C13H19NSi/c1-13(2,3)15(4,5)10-8-12-7-6-9-14-11-12/h6-7,9,11H,1-5H3. The predicted octanol–water partition coefficient (Wildman–Crippen LogP) is 3.48. The minimum absolute atomic E-state index is 0.322. The molecule has 0 spiro atoms. The van der Waals surface area contributed by atoms with Crippen LogP contribution in [0.4, 0.5) is 0 Å². The molecule has 0 saturated heterocycles. The van der Waals surface area contributed by atoms with E-state index in [2.05, 4.69) is 50.3 Å². The summed E-state index contributed by atoms with van der Waals surface area (Å²) in [7, 11) is -1.48. The Morgan fingerprint density at radius 1 is 1.27 bits per heavy atom. The molecule has 0 aromatic carbocycles. The first kappa shape index (κ1) is 12.0. The van der Waals surface area contributed by atoms with Crippen molar-refractivity contribution in [1.29, 1.82) is 0 Å². The Hall–Kier alpha value is -1.07. The highest BCUT2D eigenvalue weighted by atomic mass is 28.3. The zero-order chi connectivity index (χ0) is 11.5. The van der Waals surface area contributed by atoms with Crippen LogP contribution in [0.15, 0.2) is 24.5 Å². The second-order valence-electron chi connectivity index (χ2n) is 5.37. The lowest BCUT2D eigenvalue weighted by Gasteiger charge is -2.31. The van der Waals surface area contributed by atoms with Gasteiger partial charge in [-0.2, -0.15) is 0 Å². The molecule has 1 aromatic rings. The zero-order valence-electron chi connectivity index (χ0n) is 10.3. The van der Waals surface area contributed by atoms with Gasteiger partial charge in [0.2, 0.25) is 0 Å². The predicted molar refractivity (Wildman–Crippen MR) is 68.3 cm³/mol. The summed E-state index contributed by atoms with van der Waals surface area (Å²) in [4.78, 5) is 4.06. The fourth-order valence-corrected chi connectivity index (χ4v) is 1.68. The van der Waals surface area contributed by atoms with Gasteiger partial charge >= 0.3 is 0 Å². The smallest absolute Gasteiger partial charge is 0.138 e. The Kier molecular flexibility index (Phi) is 3.36. The molecule has 0 atom stereocenters. The summed E-state index contributed by atoms with van der Waals surface area (Å²) in [6.45, 7) is 11.5. The van der Waals surface area contributed by atoms with Crippen molar-refractivity contribution in [2.45, 2.75) is 38.9 Å². The molecule has 1 rings (SSSR count). The van der Waals surface area contributed by atoms with Crippen molar-refractivity contribution in [2.75, 3.05) is 0 Å². The van der Waals surface area contributed by atoms with Gasteiger partial charge in [-0.15, -0.1) is 5.54 Å². The van der Waals surface area contributed by atoms with Gasteiger partial charge in [0, 0.05) is 18.0 Å². The third-order valence-electron chi connectivity index (χ3n) is 3.06. The van der Waals surface area contributed by atoms with Crippen molar-refractivity contribution in [2.24, 2.45) is 0 Å². The highest BCUT2D eigenvalue weighted by Gasteiger charge is 2.33. The van der Waals surface area contributed by atoms with Crippen molar-refractivity contribution in [1.82, 2.24) is 4.98 Å². The van der Waals surface area contributed by atoms with Crippen LogP contribution in [0, 0.1) is 11.5 Å². The van der Waals surface area contributed by atoms with Crippen LogP contribution in [0.5, 0.6) is 0 Å². The lowest BCUT2D eigenvalue weighted by Crippen LogP contribution is -2.35. The first-order chi connectivity index (χ1) is 6.83. The number of pyridine rings is 1. The number of hydrogen-bond donors (Lipinski definition) is 0. The molecule has 0 aliphatic carbocycles. The van der Waals surface area contributed by atoms with Gasteiger partial charge in [0.15, 0.2) is 0 Å². The van der Waals surface area contributed by atoms with Crippen LogP contribution in [-0.4, -0.2) is 13.1 Å². The third-order valence-corrected chi connectivity index (χ3v) is 7.56. The van der Waals surface area contributed by atoms with Gasteiger partial charge in [-0.05, 0) is 17.2 Å². The van der Waals surface area contributed by atoms with Gasteiger partial charge in [0.05, 0.1) is 0 Å². The SMILES string of the molecule is CC(C)(C)[Si](C)(C)C#Cc1cccnc1. The molecule has 1 nitrogen and oxygen atoms in total. The molecule has 80 valence electrons. The molecule has 1 heterocycles. The summed E-state index contributed by atoms with van der Waals surface area (Å²) in [5, 5.41) is 0.322. The number of hydrogen-bond acceptors (Lipinski definition) is 1. The number of aromatic nitrogens is 1. The molecule has 0 N–H and O–H groups in total. The molecule has 0 saturated carbocycles. The lowest BCUT2D eigenvalue weighted by molar-refractivity contribution is 0.731. The Bertz CT molecular complexity index is 376. The Labute approximate surface area is 94.0 Å². The molecule has 0 radical (unpaired) electrons. The normalized spacial score (nSPS) is 11.8. The Morgan fingerprint density at radius 2 is 1.93 bits per heavy atom. The fraction of sp³-hybridized carbons (Fsp3) is 0.462. The van der Waals surface area contributed by atoms with E-state index in [1.165, 1.54) is 0 Å². The molecule has 15 heavy (non-hydrogen) atoms. The number of rotatable bonds is 0. The molecule has 0 fully saturated rings. The summed E-state index contributed by atoms with van der Waals surface area (Å²) in [6, 6.07) is 3.93. The molecular formula is C13H19NSi. The van der Waals surface area contributed by atoms with Crippen LogP contribution in [0.1, 0.15) is 26.3 Å². The van der Waals surface area contributed by atoms with Crippen LogP contribution >= 0.6 is 0 Å². The van der Waals surface area contributed by atoms with E-state index in [1.54, 1.807) is 6.20 Å². The molecular weight excluding hydrogens is 198 g/mol. The van der Waals surface area contributed by atoms with Gasteiger partial charge in [0.1, 0.15) is 8.07 Å². The quantitative estimate of drug-likeness (QED) is 0.479. The summed E-state index contributed by atoms with van der Waals surface area (Å²) < 4.78 is 0. The van der Waals surface area contributed by atoms with Crippen molar-refractivity contribution < 1.29 is 0 Å². The molecule has 2 heteroatoms. The van der Waals surface area contributed by atoms with Crippen molar-refractivity contribution in [3.05, 3.63) is 30.1 Å². The van der Waals surface area contributed by atoms with E-state index in [1.807, 2.05) is 18.3 Å². The monoisotopic (exact) mass is 217 g/mol. The minimum Gasteiger partial charge on any atom is -0.263 e. The minimum atomic E-state index is -1.48.